The summed E-state index contributed by atoms with van der Waals surface area (Å²) in [5.74, 6) is 0.321. The van der Waals surface area contributed by atoms with Gasteiger partial charge in [-0.25, -0.2) is 0 Å². The van der Waals surface area contributed by atoms with E-state index in [1.54, 1.807) is 0 Å². The highest BCUT2D eigenvalue weighted by atomic mass is 19.4. The Morgan fingerprint density at radius 2 is 1.82 bits per heavy atom. The average Bonchev–Trinajstić information content (AvgIpc) is 2.87. The van der Waals surface area contributed by atoms with E-state index in [2.05, 4.69) is 5.32 Å². The van der Waals surface area contributed by atoms with E-state index in [-0.39, 0.29) is 5.91 Å². The normalized spacial score (nSPS) is 23.6. The zero-order chi connectivity index (χ0) is 16.2. The maximum absolute atomic E-state index is 12.3. The molecule has 7 heteroatoms. The molecule has 0 aromatic carbocycles. The molecule has 2 aliphatic rings. The van der Waals surface area contributed by atoms with Crippen molar-refractivity contribution in [2.75, 3.05) is 26.2 Å². The van der Waals surface area contributed by atoms with Gasteiger partial charge in [0.15, 0.2) is 0 Å². The van der Waals surface area contributed by atoms with Gasteiger partial charge in [-0.2, -0.15) is 13.2 Å². The Bertz CT molecular complexity index is 373. The summed E-state index contributed by atoms with van der Waals surface area (Å²) in [6.45, 7) is 0.728. The molecular formula is C15H26F3N3O. The molecule has 0 atom stereocenters. The first-order valence-electron chi connectivity index (χ1n) is 8.15. The van der Waals surface area contributed by atoms with E-state index >= 15 is 0 Å². The van der Waals surface area contributed by atoms with Crippen molar-refractivity contribution in [3.05, 3.63) is 0 Å². The highest BCUT2D eigenvalue weighted by Gasteiger charge is 2.37. The minimum atomic E-state index is -4.11. The summed E-state index contributed by atoms with van der Waals surface area (Å²) in [5, 5.41) is 2.90. The largest absolute Gasteiger partial charge is 0.401 e. The van der Waals surface area contributed by atoms with Crippen molar-refractivity contribution in [2.24, 2.45) is 11.7 Å². The van der Waals surface area contributed by atoms with Crippen LogP contribution in [0.3, 0.4) is 0 Å². The third-order valence-corrected chi connectivity index (χ3v) is 4.90. The summed E-state index contributed by atoms with van der Waals surface area (Å²) in [6.07, 6.45) is 1.73. The molecule has 1 saturated carbocycles. The van der Waals surface area contributed by atoms with Crippen molar-refractivity contribution in [3.63, 3.8) is 0 Å². The minimum Gasteiger partial charge on any atom is -0.354 e. The Morgan fingerprint density at radius 3 is 2.36 bits per heavy atom. The van der Waals surface area contributed by atoms with Gasteiger partial charge in [-0.15, -0.1) is 0 Å². The summed E-state index contributed by atoms with van der Waals surface area (Å²) in [5.41, 5.74) is 5.38. The second-order valence-electron chi connectivity index (χ2n) is 6.74. The molecule has 0 bridgehead atoms. The molecule has 0 radical (unpaired) electrons. The molecule has 3 N–H and O–H groups in total. The van der Waals surface area contributed by atoms with Crippen LogP contribution in [0, 0.1) is 5.92 Å². The highest BCUT2D eigenvalue weighted by Crippen LogP contribution is 2.27. The fourth-order valence-corrected chi connectivity index (χ4v) is 3.49. The monoisotopic (exact) mass is 321 g/mol. The van der Waals surface area contributed by atoms with Gasteiger partial charge in [0.05, 0.1) is 12.1 Å². The van der Waals surface area contributed by atoms with Crippen LogP contribution in [0.15, 0.2) is 0 Å². The van der Waals surface area contributed by atoms with Gasteiger partial charge in [-0.05, 0) is 51.1 Å². The van der Waals surface area contributed by atoms with Crippen molar-refractivity contribution >= 4 is 5.91 Å². The molecule has 1 aliphatic carbocycles. The Morgan fingerprint density at radius 1 is 1.23 bits per heavy atom. The van der Waals surface area contributed by atoms with E-state index < -0.39 is 18.3 Å². The molecule has 4 nitrogen and oxygen atoms in total. The van der Waals surface area contributed by atoms with Gasteiger partial charge in [0.2, 0.25) is 5.91 Å². The molecule has 1 saturated heterocycles. The van der Waals surface area contributed by atoms with Gasteiger partial charge < -0.3 is 11.1 Å². The number of hydrogen-bond acceptors (Lipinski definition) is 3. The number of nitrogens with one attached hydrogen (secondary N) is 1. The van der Waals surface area contributed by atoms with Crippen LogP contribution in [-0.4, -0.2) is 48.7 Å². The number of nitrogens with zero attached hydrogens (tertiary/aromatic N) is 1. The SMILES string of the molecule is NC1(C(=O)NCCC2CCN(CC(F)(F)F)CC2)CCCC1. The van der Waals surface area contributed by atoms with Gasteiger partial charge in [-0.3, -0.25) is 9.69 Å². The summed E-state index contributed by atoms with van der Waals surface area (Å²) in [6, 6.07) is 0. The van der Waals surface area contributed by atoms with Crippen molar-refractivity contribution in [3.8, 4) is 0 Å². The van der Waals surface area contributed by atoms with Crippen LogP contribution in [0.4, 0.5) is 13.2 Å². The van der Waals surface area contributed by atoms with E-state index in [1.807, 2.05) is 0 Å². The zero-order valence-electron chi connectivity index (χ0n) is 12.9. The molecule has 0 aromatic heterocycles. The first kappa shape index (κ1) is 17.5. The molecule has 1 amide bonds. The maximum Gasteiger partial charge on any atom is 0.401 e. The highest BCUT2D eigenvalue weighted by molar-refractivity contribution is 5.86. The van der Waals surface area contributed by atoms with Crippen molar-refractivity contribution in [1.29, 1.82) is 0 Å². The van der Waals surface area contributed by atoms with E-state index in [9.17, 15) is 18.0 Å². The van der Waals surface area contributed by atoms with Crippen LogP contribution in [0.25, 0.3) is 0 Å². The molecule has 128 valence electrons. The van der Waals surface area contributed by atoms with Crippen molar-refractivity contribution in [2.45, 2.75) is 56.7 Å². The topological polar surface area (TPSA) is 58.4 Å². The van der Waals surface area contributed by atoms with Gasteiger partial charge in [0.25, 0.3) is 0 Å². The van der Waals surface area contributed by atoms with E-state index in [1.165, 1.54) is 4.90 Å². The summed E-state index contributed by atoms with van der Waals surface area (Å²) < 4.78 is 36.9. The fourth-order valence-electron chi connectivity index (χ4n) is 3.49. The van der Waals surface area contributed by atoms with Gasteiger partial charge >= 0.3 is 6.18 Å². The van der Waals surface area contributed by atoms with Crippen LogP contribution in [0.2, 0.25) is 0 Å². The molecule has 0 aromatic rings. The Hall–Kier alpha value is -0.820. The molecule has 2 rings (SSSR count). The standard InChI is InChI=1S/C15H26F3N3O/c16-15(17,18)11-21-9-4-12(5-10-21)3-8-20-13(22)14(19)6-1-2-7-14/h12H,1-11,19H2,(H,20,22). The molecule has 1 heterocycles. The Labute approximate surface area is 129 Å². The first-order valence-corrected chi connectivity index (χ1v) is 8.15. The van der Waals surface area contributed by atoms with E-state index in [4.69, 9.17) is 5.73 Å². The van der Waals surface area contributed by atoms with E-state index in [0.29, 0.717) is 25.6 Å². The molecule has 22 heavy (non-hydrogen) atoms. The van der Waals surface area contributed by atoms with Crippen LogP contribution < -0.4 is 11.1 Å². The lowest BCUT2D eigenvalue weighted by molar-refractivity contribution is -0.148. The van der Waals surface area contributed by atoms with E-state index in [0.717, 1.165) is 44.9 Å². The lowest BCUT2D eigenvalue weighted by atomic mass is 9.93. The predicted molar refractivity (Wildman–Crippen MR) is 78.2 cm³/mol. The van der Waals surface area contributed by atoms with Crippen molar-refractivity contribution in [1.82, 2.24) is 10.2 Å². The Kier molecular flexibility index (Phi) is 5.71. The zero-order valence-corrected chi connectivity index (χ0v) is 12.9. The number of amides is 1. The molecule has 1 aliphatic heterocycles. The third-order valence-electron chi connectivity index (χ3n) is 4.90. The van der Waals surface area contributed by atoms with Crippen molar-refractivity contribution < 1.29 is 18.0 Å². The summed E-state index contributed by atoms with van der Waals surface area (Å²) in [7, 11) is 0. The number of piperidine rings is 1. The number of rotatable bonds is 5. The smallest absolute Gasteiger partial charge is 0.354 e. The second kappa shape index (κ2) is 7.17. The van der Waals surface area contributed by atoms with Crippen LogP contribution in [-0.2, 0) is 4.79 Å². The van der Waals surface area contributed by atoms with Gasteiger partial charge in [0, 0.05) is 6.54 Å². The third kappa shape index (κ3) is 5.12. The number of hydrogen-bond donors (Lipinski definition) is 2. The molecule has 0 unspecified atom stereocenters. The number of halogens is 3. The number of alkyl halides is 3. The minimum absolute atomic E-state index is 0.0699. The second-order valence-corrected chi connectivity index (χ2v) is 6.74. The molecule has 2 fully saturated rings. The van der Waals surface area contributed by atoms with Crippen LogP contribution >= 0.6 is 0 Å². The summed E-state index contributed by atoms with van der Waals surface area (Å²) in [4.78, 5) is 13.5. The Balaban J connectivity index is 1.62. The van der Waals surface area contributed by atoms with Gasteiger partial charge in [-0.1, -0.05) is 12.8 Å². The maximum atomic E-state index is 12.3. The molecular weight excluding hydrogens is 295 g/mol. The predicted octanol–water partition coefficient (Wildman–Crippen LogP) is 2.04. The number of carbonyl (C=O) groups is 1. The number of nitrogens with two attached hydrogens (primary N) is 1. The number of carbonyl (C=O) groups excluding carboxylic acids is 1. The quantitative estimate of drug-likeness (QED) is 0.815. The number of likely N-dealkylation sites (tertiary alicyclic amines) is 1. The summed E-state index contributed by atoms with van der Waals surface area (Å²) >= 11 is 0. The molecule has 0 spiro atoms. The fraction of sp³-hybridized carbons (Fsp3) is 0.933. The lowest BCUT2D eigenvalue weighted by Gasteiger charge is -2.32. The first-order chi connectivity index (χ1) is 10.3. The van der Waals surface area contributed by atoms with Gasteiger partial charge in [0.1, 0.15) is 0 Å². The lowest BCUT2D eigenvalue weighted by Crippen LogP contribution is -2.52. The average molecular weight is 321 g/mol. The van der Waals surface area contributed by atoms with Crippen LogP contribution in [0.1, 0.15) is 44.9 Å². The van der Waals surface area contributed by atoms with Crippen LogP contribution in [0.5, 0.6) is 0 Å².